The van der Waals surface area contributed by atoms with Crippen molar-refractivity contribution in [2.75, 3.05) is 6.61 Å². The first kappa shape index (κ1) is 15.5. The highest BCUT2D eigenvalue weighted by Crippen LogP contribution is 2.21. The maximum Gasteiger partial charge on any atom is 0.277 e. The molecule has 1 amide bonds. The van der Waals surface area contributed by atoms with Gasteiger partial charge in [-0.25, -0.2) is 5.43 Å². The summed E-state index contributed by atoms with van der Waals surface area (Å²) in [4.78, 5) is 12.6. The number of thiophene rings is 1. The molecule has 1 aromatic heterocycles. The maximum absolute atomic E-state index is 11.7. The van der Waals surface area contributed by atoms with Gasteiger partial charge in [-0.3, -0.25) is 4.79 Å². The number of rotatable bonds is 5. The van der Waals surface area contributed by atoms with Crippen LogP contribution in [-0.2, 0) is 4.79 Å². The van der Waals surface area contributed by atoms with Gasteiger partial charge in [-0.2, -0.15) is 5.10 Å². The summed E-state index contributed by atoms with van der Waals surface area (Å²) in [6, 6.07) is 11.2. The quantitative estimate of drug-likeness (QED) is 0.675. The molecule has 1 aromatic carbocycles. The van der Waals surface area contributed by atoms with Crippen LogP contribution in [0.15, 0.2) is 41.5 Å². The van der Waals surface area contributed by atoms with E-state index in [4.69, 9.17) is 16.3 Å². The highest BCUT2D eigenvalue weighted by molar-refractivity contribution is 7.18. The number of ether oxygens (including phenoxy) is 1. The molecule has 0 radical (unpaired) electrons. The third kappa shape index (κ3) is 4.88. The molecule has 0 aliphatic heterocycles. The number of amides is 1. The molecule has 1 heterocycles. The molecule has 0 spiro atoms. The zero-order valence-corrected chi connectivity index (χ0v) is 13.3. The lowest BCUT2D eigenvalue weighted by Crippen LogP contribution is -2.25. The van der Waals surface area contributed by atoms with Gasteiger partial charge in [-0.05, 0) is 43.7 Å². The zero-order chi connectivity index (χ0) is 15.2. The molecule has 0 atom stereocenters. The molecule has 0 aliphatic rings. The van der Waals surface area contributed by atoms with Crippen LogP contribution >= 0.6 is 22.9 Å². The van der Waals surface area contributed by atoms with E-state index in [1.807, 2.05) is 44.2 Å². The van der Waals surface area contributed by atoms with E-state index < -0.39 is 0 Å². The first-order chi connectivity index (χ1) is 10.0. The zero-order valence-electron chi connectivity index (χ0n) is 11.7. The Kier molecular flexibility index (Phi) is 5.36. The van der Waals surface area contributed by atoms with Crippen LogP contribution in [0, 0.1) is 6.92 Å². The second kappa shape index (κ2) is 7.24. The molecule has 2 aromatic rings. The fourth-order valence-electron chi connectivity index (χ4n) is 1.60. The summed E-state index contributed by atoms with van der Waals surface area (Å²) in [5.41, 5.74) is 4.25. The van der Waals surface area contributed by atoms with E-state index in [1.54, 1.807) is 6.07 Å². The number of benzene rings is 1. The lowest BCUT2D eigenvalue weighted by atomic mass is 10.2. The van der Waals surface area contributed by atoms with Crippen LogP contribution in [0.5, 0.6) is 5.75 Å². The number of hydrogen-bond donors (Lipinski definition) is 1. The minimum Gasteiger partial charge on any atom is -0.484 e. The summed E-state index contributed by atoms with van der Waals surface area (Å²) in [5.74, 6) is 0.356. The van der Waals surface area contributed by atoms with Crippen LogP contribution in [0.3, 0.4) is 0 Å². The Balaban J connectivity index is 1.84. The molecule has 0 saturated carbocycles. The number of hydrazone groups is 1. The van der Waals surface area contributed by atoms with Crippen LogP contribution in [0.25, 0.3) is 0 Å². The molecular formula is C15H15ClN2O2S. The summed E-state index contributed by atoms with van der Waals surface area (Å²) >= 11 is 7.27. The molecule has 110 valence electrons. The van der Waals surface area contributed by atoms with E-state index in [-0.39, 0.29) is 12.5 Å². The minimum absolute atomic E-state index is 0.0779. The van der Waals surface area contributed by atoms with Gasteiger partial charge in [0.05, 0.1) is 14.9 Å². The molecule has 6 heteroatoms. The van der Waals surface area contributed by atoms with Crippen molar-refractivity contribution in [3.63, 3.8) is 0 Å². The van der Waals surface area contributed by atoms with Gasteiger partial charge in [0.15, 0.2) is 6.61 Å². The van der Waals surface area contributed by atoms with Gasteiger partial charge < -0.3 is 4.74 Å². The van der Waals surface area contributed by atoms with Crippen molar-refractivity contribution in [3.8, 4) is 5.75 Å². The highest BCUT2D eigenvalue weighted by Gasteiger charge is 2.04. The summed E-state index contributed by atoms with van der Waals surface area (Å²) in [7, 11) is 0. The summed E-state index contributed by atoms with van der Waals surface area (Å²) in [6.45, 7) is 3.70. The number of aryl methyl sites for hydroxylation is 1. The van der Waals surface area contributed by atoms with Gasteiger partial charge in [0.2, 0.25) is 0 Å². The first-order valence-corrected chi connectivity index (χ1v) is 7.52. The molecule has 0 fully saturated rings. The molecule has 0 aliphatic carbocycles. The number of hydrogen-bond acceptors (Lipinski definition) is 4. The standard InChI is InChI=1S/C15H15ClN2O2S/c1-10-4-3-5-12(8-10)20-9-15(19)18-17-11(2)13-6-7-14(16)21-13/h3-8H,9H2,1-2H3,(H,18,19)/b17-11-. The smallest absolute Gasteiger partial charge is 0.277 e. The van der Waals surface area contributed by atoms with Gasteiger partial charge in [-0.15, -0.1) is 11.3 Å². The maximum atomic E-state index is 11.7. The SMILES string of the molecule is C/C(=N/NC(=O)COc1cccc(C)c1)c1ccc(Cl)s1. The van der Waals surface area contributed by atoms with Crippen molar-refractivity contribution in [1.29, 1.82) is 0 Å². The Morgan fingerprint density at radius 2 is 2.19 bits per heavy atom. The van der Waals surface area contributed by atoms with E-state index in [2.05, 4.69) is 10.5 Å². The molecule has 0 bridgehead atoms. The van der Waals surface area contributed by atoms with Crippen LogP contribution in [0.2, 0.25) is 4.34 Å². The Morgan fingerprint density at radius 1 is 1.38 bits per heavy atom. The third-order valence-electron chi connectivity index (χ3n) is 2.64. The van der Waals surface area contributed by atoms with Crippen molar-refractivity contribution >= 4 is 34.6 Å². The second-order valence-electron chi connectivity index (χ2n) is 4.44. The van der Waals surface area contributed by atoms with Crippen molar-refractivity contribution in [1.82, 2.24) is 5.43 Å². The lowest BCUT2D eigenvalue weighted by molar-refractivity contribution is -0.123. The van der Waals surface area contributed by atoms with E-state index >= 15 is 0 Å². The normalized spacial score (nSPS) is 11.3. The van der Waals surface area contributed by atoms with Gasteiger partial charge in [0.25, 0.3) is 5.91 Å². The summed E-state index contributed by atoms with van der Waals surface area (Å²) < 4.78 is 6.08. The molecule has 2 rings (SSSR count). The second-order valence-corrected chi connectivity index (χ2v) is 6.16. The topological polar surface area (TPSA) is 50.7 Å². The van der Waals surface area contributed by atoms with Crippen LogP contribution in [0.4, 0.5) is 0 Å². The monoisotopic (exact) mass is 322 g/mol. The highest BCUT2D eigenvalue weighted by atomic mass is 35.5. The summed E-state index contributed by atoms with van der Waals surface area (Å²) in [6.07, 6.45) is 0. The Bertz CT molecular complexity index is 667. The van der Waals surface area contributed by atoms with Crippen molar-refractivity contribution in [2.24, 2.45) is 5.10 Å². The van der Waals surface area contributed by atoms with Crippen molar-refractivity contribution in [2.45, 2.75) is 13.8 Å². The number of carbonyl (C=O) groups is 1. The van der Waals surface area contributed by atoms with Gasteiger partial charge in [-0.1, -0.05) is 23.7 Å². The van der Waals surface area contributed by atoms with Crippen LogP contribution in [0.1, 0.15) is 17.4 Å². The Morgan fingerprint density at radius 3 is 2.86 bits per heavy atom. The molecular weight excluding hydrogens is 308 g/mol. The number of carbonyl (C=O) groups excluding carboxylic acids is 1. The fourth-order valence-corrected chi connectivity index (χ4v) is 2.58. The predicted octanol–water partition coefficient (Wildman–Crippen LogP) is 3.63. The summed E-state index contributed by atoms with van der Waals surface area (Å²) in [5, 5.41) is 4.03. The Hall–Kier alpha value is -1.85. The molecule has 1 N–H and O–H groups in total. The van der Waals surface area contributed by atoms with Gasteiger partial charge >= 0.3 is 0 Å². The van der Waals surface area contributed by atoms with E-state index in [0.717, 1.165) is 10.4 Å². The van der Waals surface area contributed by atoms with E-state index in [9.17, 15) is 4.79 Å². The van der Waals surface area contributed by atoms with Crippen LogP contribution in [-0.4, -0.2) is 18.2 Å². The largest absolute Gasteiger partial charge is 0.484 e. The molecule has 21 heavy (non-hydrogen) atoms. The third-order valence-corrected chi connectivity index (χ3v) is 3.98. The fraction of sp³-hybridized carbons (Fsp3) is 0.200. The first-order valence-electron chi connectivity index (χ1n) is 6.33. The average molecular weight is 323 g/mol. The van der Waals surface area contributed by atoms with Crippen molar-refractivity contribution in [3.05, 3.63) is 51.2 Å². The van der Waals surface area contributed by atoms with E-state index in [0.29, 0.717) is 15.8 Å². The average Bonchev–Trinajstić information content (AvgIpc) is 2.89. The van der Waals surface area contributed by atoms with Crippen molar-refractivity contribution < 1.29 is 9.53 Å². The van der Waals surface area contributed by atoms with Crippen LogP contribution < -0.4 is 10.2 Å². The minimum atomic E-state index is -0.307. The Labute approximate surface area is 132 Å². The number of nitrogens with one attached hydrogen (secondary N) is 1. The molecule has 0 saturated heterocycles. The van der Waals surface area contributed by atoms with E-state index in [1.165, 1.54) is 11.3 Å². The molecule has 4 nitrogen and oxygen atoms in total. The number of nitrogens with zero attached hydrogens (tertiary/aromatic N) is 1. The number of halogens is 1. The van der Waals surface area contributed by atoms with Gasteiger partial charge in [0.1, 0.15) is 5.75 Å². The lowest BCUT2D eigenvalue weighted by Gasteiger charge is -2.06. The molecule has 0 unspecified atom stereocenters. The van der Waals surface area contributed by atoms with Gasteiger partial charge in [0, 0.05) is 0 Å². The predicted molar refractivity (Wildman–Crippen MR) is 86.4 cm³/mol.